The van der Waals surface area contributed by atoms with Crippen LogP contribution in [0.2, 0.25) is 10.0 Å². The number of amides is 1. The lowest BCUT2D eigenvalue weighted by Crippen LogP contribution is -2.29. The average molecular weight is 596 g/mol. The zero-order chi connectivity index (χ0) is 24.8. The van der Waals surface area contributed by atoms with E-state index in [0.717, 1.165) is 10.0 Å². The number of nitrogens with one attached hydrogen (secondary N) is 1. The smallest absolute Gasteiger partial charge is 0.258 e. The normalized spacial score (nSPS) is 10.9. The lowest BCUT2D eigenvalue weighted by atomic mass is 10.2. The Morgan fingerprint density at radius 1 is 1.06 bits per heavy atom. The van der Waals surface area contributed by atoms with Crippen molar-refractivity contribution in [3.05, 3.63) is 98.5 Å². The minimum atomic E-state index is -0.367. The Balaban J connectivity index is 1.45. The number of nitrogens with zero attached hydrogens (tertiary/aromatic N) is 3. The number of benzene rings is 3. The minimum Gasteiger partial charge on any atom is -0.482 e. The zero-order valence-corrected chi connectivity index (χ0v) is 22.0. The fraction of sp³-hybridized carbons (Fsp3) is 0.125. The van der Waals surface area contributed by atoms with Crippen LogP contribution in [0.3, 0.4) is 0 Å². The SMILES string of the molecule is O=C(COc1ccc(Cl)cc1Cl)NCc1nnc(SCc2ccc(Br)cc2)n1-c1ccc(F)cc1. The second-order valence-corrected chi connectivity index (χ2v) is 9.97. The maximum atomic E-state index is 13.5. The topological polar surface area (TPSA) is 69.0 Å². The Bertz CT molecular complexity index is 1320. The molecule has 0 aliphatic heterocycles. The van der Waals surface area contributed by atoms with Crippen LogP contribution in [0.15, 0.2) is 76.4 Å². The predicted octanol–water partition coefficient (Wildman–Crippen LogP) is 6.46. The van der Waals surface area contributed by atoms with Gasteiger partial charge in [-0.1, -0.05) is 63.0 Å². The number of hydrogen-bond donors (Lipinski definition) is 1. The fourth-order valence-corrected chi connectivity index (χ4v) is 4.70. The Hall–Kier alpha value is -2.59. The highest BCUT2D eigenvalue weighted by Gasteiger charge is 2.16. The molecule has 180 valence electrons. The van der Waals surface area contributed by atoms with Crippen molar-refractivity contribution >= 4 is 56.8 Å². The summed E-state index contributed by atoms with van der Waals surface area (Å²) < 4.78 is 21.8. The highest BCUT2D eigenvalue weighted by Crippen LogP contribution is 2.28. The van der Waals surface area contributed by atoms with Gasteiger partial charge in [0.2, 0.25) is 0 Å². The molecule has 0 aliphatic rings. The van der Waals surface area contributed by atoms with Crippen LogP contribution in [0.4, 0.5) is 4.39 Å². The molecule has 0 aliphatic carbocycles. The summed E-state index contributed by atoms with van der Waals surface area (Å²) in [5, 5.41) is 12.7. The molecule has 0 saturated heterocycles. The van der Waals surface area contributed by atoms with Crippen LogP contribution in [-0.2, 0) is 17.1 Å². The summed E-state index contributed by atoms with van der Waals surface area (Å²) in [6.45, 7) is -0.142. The molecular formula is C24H18BrCl2FN4O2S. The number of thioether (sulfide) groups is 1. The van der Waals surface area contributed by atoms with Crippen molar-refractivity contribution in [3.8, 4) is 11.4 Å². The quantitative estimate of drug-likeness (QED) is 0.225. The van der Waals surface area contributed by atoms with E-state index in [1.54, 1.807) is 28.8 Å². The molecule has 3 aromatic carbocycles. The van der Waals surface area contributed by atoms with Gasteiger partial charge in [-0.15, -0.1) is 10.2 Å². The predicted molar refractivity (Wildman–Crippen MR) is 139 cm³/mol. The largest absolute Gasteiger partial charge is 0.482 e. The zero-order valence-electron chi connectivity index (χ0n) is 18.1. The molecule has 0 bridgehead atoms. The van der Waals surface area contributed by atoms with Gasteiger partial charge in [0.1, 0.15) is 11.6 Å². The summed E-state index contributed by atoms with van der Waals surface area (Å²) >= 11 is 16.9. The third-order valence-electron chi connectivity index (χ3n) is 4.76. The molecule has 1 N–H and O–H groups in total. The number of hydrogen-bond acceptors (Lipinski definition) is 5. The van der Waals surface area contributed by atoms with E-state index in [9.17, 15) is 9.18 Å². The van der Waals surface area contributed by atoms with E-state index in [2.05, 4.69) is 31.4 Å². The van der Waals surface area contributed by atoms with Gasteiger partial charge in [-0.05, 0) is 60.2 Å². The van der Waals surface area contributed by atoms with Crippen LogP contribution in [-0.4, -0.2) is 27.3 Å². The highest BCUT2D eigenvalue weighted by molar-refractivity contribution is 9.10. The van der Waals surface area contributed by atoms with Gasteiger partial charge in [0.15, 0.2) is 17.6 Å². The van der Waals surface area contributed by atoms with E-state index in [0.29, 0.717) is 38.2 Å². The average Bonchev–Trinajstić information content (AvgIpc) is 3.25. The Morgan fingerprint density at radius 2 is 1.80 bits per heavy atom. The summed E-state index contributed by atoms with van der Waals surface area (Å²) in [5.41, 5.74) is 1.79. The van der Waals surface area contributed by atoms with Crippen LogP contribution >= 0.6 is 50.9 Å². The summed E-state index contributed by atoms with van der Waals surface area (Å²) in [6, 6.07) is 18.7. The Morgan fingerprint density at radius 3 is 2.51 bits per heavy atom. The first-order chi connectivity index (χ1) is 16.9. The first-order valence-electron chi connectivity index (χ1n) is 10.3. The van der Waals surface area contributed by atoms with Crippen molar-refractivity contribution < 1.29 is 13.9 Å². The van der Waals surface area contributed by atoms with Crippen molar-refractivity contribution in [1.82, 2.24) is 20.1 Å². The summed E-state index contributed by atoms with van der Waals surface area (Å²) in [7, 11) is 0. The van der Waals surface area contributed by atoms with Gasteiger partial charge in [-0.3, -0.25) is 9.36 Å². The number of aromatic nitrogens is 3. The van der Waals surface area contributed by atoms with Gasteiger partial charge in [0.05, 0.1) is 11.6 Å². The summed E-state index contributed by atoms with van der Waals surface area (Å²) in [5.74, 6) is 0.793. The van der Waals surface area contributed by atoms with Crippen LogP contribution in [0.5, 0.6) is 5.75 Å². The Kier molecular flexibility index (Phi) is 8.67. The number of ether oxygens (including phenoxy) is 1. The Labute approximate surface area is 223 Å². The first-order valence-corrected chi connectivity index (χ1v) is 12.8. The van der Waals surface area contributed by atoms with E-state index >= 15 is 0 Å². The van der Waals surface area contributed by atoms with Crippen LogP contribution in [0.25, 0.3) is 5.69 Å². The number of carbonyl (C=O) groups is 1. The molecule has 1 heterocycles. The van der Waals surface area contributed by atoms with Crippen LogP contribution < -0.4 is 10.1 Å². The van der Waals surface area contributed by atoms with Gasteiger partial charge in [-0.25, -0.2) is 4.39 Å². The van der Waals surface area contributed by atoms with Gasteiger partial charge in [-0.2, -0.15) is 0 Å². The molecular weight excluding hydrogens is 578 g/mol. The maximum Gasteiger partial charge on any atom is 0.258 e. The first kappa shape index (κ1) is 25.5. The molecule has 4 aromatic rings. The van der Waals surface area contributed by atoms with Crippen molar-refractivity contribution in [2.24, 2.45) is 0 Å². The molecule has 0 unspecified atom stereocenters. The van der Waals surface area contributed by atoms with Gasteiger partial charge < -0.3 is 10.1 Å². The van der Waals surface area contributed by atoms with Crippen molar-refractivity contribution in [2.75, 3.05) is 6.61 Å². The molecule has 35 heavy (non-hydrogen) atoms. The lowest BCUT2D eigenvalue weighted by molar-refractivity contribution is -0.123. The molecule has 1 amide bonds. The second-order valence-electron chi connectivity index (χ2n) is 7.27. The van der Waals surface area contributed by atoms with E-state index in [1.807, 2.05) is 24.3 Å². The molecule has 0 saturated carbocycles. The molecule has 0 spiro atoms. The summed E-state index contributed by atoms with van der Waals surface area (Å²) in [6.07, 6.45) is 0. The maximum absolute atomic E-state index is 13.5. The van der Waals surface area contributed by atoms with Gasteiger partial charge >= 0.3 is 0 Å². The van der Waals surface area contributed by atoms with E-state index in [1.165, 1.54) is 30.0 Å². The number of halogens is 4. The van der Waals surface area contributed by atoms with Crippen molar-refractivity contribution in [3.63, 3.8) is 0 Å². The molecule has 1 aromatic heterocycles. The van der Waals surface area contributed by atoms with Gasteiger partial charge in [0.25, 0.3) is 5.91 Å². The van der Waals surface area contributed by atoms with Crippen molar-refractivity contribution in [2.45, 2.75) is 17.5 Å². The van der Waals surface area contributed by atoms with E-state index in [4.69, 9.17) is 27.9 Å². The van der Waals surface area contributed by atoms with Crippen LogP contribution in [0.1, 0.15) is 11.4 Å². The lowest BCUT2D eigenvalue weighted by Gasteiger charge is -2.12. The van der Waals surface area contributed by atoms with E-state index < -0.39 is 0 Å². The third kappa shape index (κ3) is 6.98. The second kappa shape index (κ2) is 11.9. The van der Waals surface area contributed by atoms with Crippen LogP contribution in [0, 0.1) is 5.82 Å². The molecule has 4 rings (SSSR count). The number of rotatable bonds is 9. The third-order valence-corrected chi connectivity index (χ3v) is 6.82. The minimum absolute atomic E-state index is 0.0970. The number of carbonyl (C=O) groups excluding carboxylic acids is 1. The monoisotopic (exact) mass is 594 g/mol. The molecule has 0 atom stereocenters. The molecule has 6 nitrogen and oxygen atoms in total. The summed E-state index contributed by atoms with van der Waals surface area (Å²) in [4.78, 5) is 12.4. The molecule has 0 radical (unpaired) electrons. The fourth-order valence-electron chi connectivity index (χ4n) is 3.05. The highest BCUT2D eigenvalue weighted by atomic mass is 79.9. The standard InChI is InChI=1S/C24H18BrCl2FN4O2S/c25-16-3-1-15(2-4-16)14-35-24-31-30-22(32(24)19-8-6-18(28)7-9-19)12-29-23(33)13-34-21-10-5-17(26)11-20(21)27/h1-11H,12-14H2,(H,29,33). The molecule has 11 heteroatoms. The van der Waals surface area contributed by atoms with Crippen molar-refractivity contribution in [1.29, 1.82) is 0 Å². The van der Waals surface area contributed by atoms with Gasteiger partial charge in [0, 0.05) is 20.9 Å². The molecule has 0 fully saturated rings. The van der Waals surface area contributed by atoms with E-state index in [-0.39, 0.29) is 24.9 Å².